The first kappa shape index (κ1) is 46.8. The molecule has 48 heavy (non-hydrogen) atoms. The van der Waals surface area contributed by atoms with Crippen molar-refractivity contribution >= 4 is 19.8 Å². The summed E-state index contributed by atoms with van der Waals surface area (Å²) >= 11 is 0. The fraction of sp³-hybridized carbons (Fsp3) is 0.895. The molecule has 0 saturated carbocycles. The molecule has 9 nitrogen and oxygen atoms in total. The molecule has 2 atom stereocenters. The number of esters is 2. The molecule has 0 fully saturated rings. The van der Waals surface area contributed by atoms with Gasteiger partial charge in [-0.05, 0) is 32.1 Å². The summed E-state index contributed by atoms with van der Waals surface area (Å²) < 4.78 is 34.1. The Bertz CT molecular complexity index is 845. The van der Waals surface area contributed by atoms with Gasteiger partial charge in [-0.2, -0.15) is 0 Å². The fourth-order valence-electron chi connectivity index (χ4n) is 5.17. The highest BCUT2D eigenvalue weighted by atomic mass is 31.2. The van der Waals surface area contributed by atoms with E-state index in [1.165, 1.54) is 77.0 Å². The second-order valence-electron chi connectivity index (χ2n) is 14.3. The van der Waals surface area contributed by atoms with Crippen molar-refractivity contribution in [3.8, 4) is 0 Å². The normalized spacial score (nSPS) is 13.9. The molecule has 10 heteroatoms. The number of phosphoric ester groups is 1. The quantitative estimate of drug-likeness (QED) is 0.0228. The predicted molar refractivity (Wildman–Crippen MR) is 197 cm³/mol. The summed E-state index contributed by atoms with van der Waals surface area (Å²) in [5, 5.41) is 0. The maximum Gasteiger partial charge on any atom is 0.472 e. The molecule has 0 aliphatic rings. The van der Waals surface area contributed by atoms with Crippen LogP contribution in [0, 0.1) is 0 Å². The molecule has 0 aromatic carbocycles. The standard InChI is InChI=1S/C38H74NO8P/c1-6-8-10-12-14-16-18-19-21-22-24-26-28-30-37(40)44-34-36(35-46-48(42,43)45-33-32-39(3,4)5)47-38(41)31-29-27-25-23-20-17-15-13-11-9-7-2/h13,15,36H,6-12,14,16-35H2,1-5H3/p+1/b15-13-/t36-/m1/s1. The molecule has 1 N–H and O–H groups in total. The summed E-state index contributed by atoms with van der Waals surface area (Å²) in [5.74, 6) is -0.806. The van der Waals surface area contributed by atoms with Crippen LogP contribution in [0.25, 0.3) is 0 Å². The van der Waals surface area contributed by atoms with E-state index in [2.05, 4.69) is 26.0 Å². The van der Waals surface area contributed by atoms with Crippen LogP contribution in [0.4, 0.5) is 0 Å². The molecular weight excluding hydrogens is 629 g/mol. The van der Waals surface area contributed by atoms with E-state index < -0.39 is 26.5 Å². The zero-order valence-corrected chi connectivity index (χ0v) is 32.6. The first-order valence-electron chi connectivity index (χ1n) is 19.4. The SMILES string of the molecule is CCCC/C=C\CCCCCCCC(=O)O[C@H](COC(=O)CCCCCCCCCCCCCCC)COP(=O)(O)OCC[N+](C)(C)C. The molecule has 284 valence electrons. The first-order chi connectivity index (χ1) is 23.0. The van der Waals surface area contributed by atoms with Crippen LogP contribution in [-0.2, 0) is 32.7 Å². The molecule has 1 unspecified atom stereocenters. The Labute approximate surface area is 295 Å². The van der Waals surface area contributed by atoms with Crippen LogP contribution in [0.5, 0.6) is 0 Å². The van der Waals surface area contributed by atoms with Gasteiger partial charge in [-0.25, -0.2) is 4.57 Å². The molecular formula is C38H75NO8P+. The molecule has 0 bridgehead atoms. The summed E-state index contributed by atoms with van der Waals surface area (Å²) in [6.45, 7) is 4.37. The van der Waals surface area contributed by atoms with Crippen LogP contribution in [0.15, 0.2) is 12.2 Å². The minimum Gasteiger partial charge on any atom is -0.462 e. The Kier molecular flexibility index (Phi) is 30.9. The highest BCUT2D eigenvalue weighted by Crippen LogP contribution is 2.43. The van der Waals surface area contributed by atoms with Crippen molar-refractivity contribution in [1.29, 1.82) is 0 Å². The summed E-state index contributed by atoms with van der Waals surface area (Å²) in [6, 6.07) is 0. The van der Waals surface area contributed by atoms with Crippen molar-refractivity contribution in [3.05, 3.63) is 12.2 Å². The van der Waals surface area contributed by atoms with Crippen molar-refractivity contribution in [3.63, 3.8) is 0 Å². The van der Waals surface area contributed by atoms with Crippen molar-refractivity contribution in [1.82, 2.24) is 0 Å². The number of rotatable bonds is 35. The van der Waals surface area contributed by atoms with Gasteiger partial charge < -0.3 is 18.9 Å². The van der Waals surface area contributed by atoms with E-state index in [1.807, 2.05) is 21.1 Å². The number of carbonyl (C=O) groups excluding carboxylic acids is 2. The zero-order chi connectivity index (χ0) is 35.8. The van der Waals surface area contributed by atoms with Gasteiger partial charge in [-0.3, -0.25) is 18.6 Å². The molecule has 0 radical (unpaired) electrons. The van der Waals surface area contributed by atoms with Crippen LogP contribution >= 0.6 is 7.82 Å². The zero-order valence-electron chi connectivity index (χ0n) is 31.7. The molecule has 0 spiro atoms. The van der Waals surface area contributed by atoms with Gasteiger partial charge in [0, 0.05) is 12.8 Å². The number of quaternary nitrogens is 1. The monoisotopic (exact) mass is 705 g/mol. The lowest BCUT2D eigenvalue weighted by Gasteiger charge is -2.24. The Morgan fingerprint density at radius 2 is 1.08 bits per heavy atom. The molecule has 0 aliphatic heterocycles. The van der Waals surface area contributed by atoms with Gasteiger partial charge in [0.15, 0.2) is 6.10 Å². The Balaban J connectivity index is 4.42. The highest BCUT2D eigenvalue weighted by Gasteiger charge is 2.27. The first-order valence-corrected chi connectivity index (χ1v) is 20.9. The Morgan fingerprint density at radius 1 is 0.625 bits per heavy atom. The van der Waals surface area contributed by atoms with Gasteiger partial charge in [0.25, 0.3) is 0 Å². The molecule has 0 rings (SSSR count). The molecule has 0 aromatic rings. The van der Waals surface area contributed by atoms with Crippen LogP contribution in [-0.4, -0.2) is 74.9 Å². The second-order valence-corrected chi connectivity index (χ2v) is 15.8. The number of phosphoric acid groups is 1. The van der Waals surface area contributed by atoms with E-state index in [0.717, 1.165) is 57.8 Å². The van der Waals surface area contributed by atoms with Gasteiger partial charge >= 0.3 is 19.8 Å². The number of carbonyl (C=O) groups is 2. The fourth-order valence-corrected chi connectivity index (χ4v) is 5.91. The molecule has 0 aromatic heterocycles. The van der Waals surface area contributed by atoms with E-state index >= 15 is 0 Å². The number of nitrogens with zero attached hydrogens (tertiary/aromatic N) is 1. The van der Waals surface area contributed by atoms with Crippen molar-refractivity contribution < 1.29 is 42.1 Å². The average molecular weight is 705 g/mol. The largest absolute Gasteiger partial charge is 0.472 e. The molecule has 0 heterocycles. The third-order valence-corrected chi connectivity index (χ3v) is 9.28. The van der Waals surface area contributed by atoms with E-state index in [1.54, 1.807) is 0 Å². The average Bonchev–Trinajstić information content (AvgIpc) is 3.02. The maximum atomic E-state index is 12.6. The van der Waals surface area contributed by atoms with E-state index in [4.69, 9.17) is 18.5 Å². The van der Waals surface area contributed by atoms with Gasteiger partial charge in [0.2, 0.25) is 0 Å². The topological polar surface area (TPSA) is 108 Å². The van der Waals surface area contributed by atoms with Crippen LogP contribution in [0.1, 0.15) is 168 Å². The van der Waals surface area contributed by atoms with E-state index in [0.29, 0.717) is 23.9 Å². The van der Waals surface area contributed by atoms with E-state index in [9.17, 15) is 19.0 Å². The second kappa shape index (κ2) is 31.7. The minimum atomic E-state index is -4.36. The van der Waals surface area contributed by atoms with Crippen LogP contribution in [0.2, 0.25) is 0 Å². The Hall–Kier alpha value is -1.25. The molecule has 0 amide bonds. The number of hydrogen-bond donors (Lipinski definition) is 1. The third kappa shape index (κ3) is 34.6. The number of unbranched alkanes of at least 4 members (excludes halogenated alkanes) is 19. The van der Waals surface area contributed by atoms with Gasteiger partial charge in [0.1, 0.15) is 19.8 Å². The van der Waals surface area contributed by atoms with Crippen molar-refractivity contribution in [2.24, 2.45) is 0 Å². The Morgan fingerprint density at radius 3 is 1.60 bits per heavy atom. The van der Waals surface area contributed by atoms with Crippen molar-refractivity contribution in [2.75, 3.05) is 47.5 Å². The molecule has 0 aliphatic carbocycles. The number of allylic oxidation sites excluding steroid dienone is 2. The summed E-state index contributed by atoms with van der Waals surface area (Å²) in [5.41, 5.74) is 0. The highest BCUT2D eigenvalue weighted by molar-refractivity contribution is 7.47. The lowest BCUT2D eigenvalue weighted by atomic mass is 10.0. The third-order valence-electron chi connectivity index (χ3n) is 8.30. The smallest absolute Gasteiger partial charge is 0.462 e. The maximum absolute atomic E-state index is 12.6. The van der Waals surface area contributed by atoms with Gasteiger partial charge in [-0.1, -0.05) is 135 Å². The molecule has 0 saturated heterocycles. The lowest BCUT2D eigenvalue weighted by molar-refractivity contribution is -0.870. The van der Waals surface area contributed by atoms with Crippen LogP contribution < -0.4 is 0 Å². The number of likely N-dealkylation sites (N-methyl/N-ethyl adjacent to an activating group) is 1. The predicted octanol–water partition coefficient (Wildman–Crippen LogP) is 10.2. The summed E-state index contributed by atoms with van der Waals surface area (Å²) in [7, 11) is 1.48. The lowest BCUT2D eigenvalue weighted by Crippen LogP contribution is -2.37. The summed E-state index contributed by atoms with van der Waals surface area (Å²) in [4.78, 5) is 35.1. The van der Waals surface area contributed by atoms with Crippen LogP contribution in [0.3, 0.4) is 0 Å². The van der Waals surface area contributed by atoms with Gasteiger partial charge in [-0.15, -0.1) is 0 Å². The number of hydrogen-bond acceptors (Lipinski definition) is 7. The van der Waals surface area contributed by atoms with Gasteiger partial charge in [0.05, 0.1) is 27.7 Å². The van der Waals surface area contributed by atoms with Crippen molar-refractivity contribution in [2.45, 2.75) is 174 Å². The minimum absolute atomic E-state index is 0.0327. The summed E-state index contributed by atoms with van der Waals surface area (Å²) in [6.07, 6.45) is 29.7. The van der Waals surface area contributed by atoms with E-state index in [-0.39, 0.29) is 25.6 Å². The number of ether oxygens (including phenoxy) is 2.